The van der Waals surface area contributed by atoms with E-state index in [0.717, 1.165) is 17.5 Å². The Morgan fingerprint density at radius 1 is 1.10 bits per heavy atom. The number of alkyl halides is 3. The van der Waals surface area contributed by atoms with Gasteiger partial charge in [0.25, 0.3) is 0 Å². The zero-order valence-corrected chi connectivity index (χ0v) is 18.3. The van der Waals surface area contributed by atoms with E-state index in [0.29, 0.717) is 22.3 Å². The molecule has 0 radical (unpaired) electrons. The van der Waals surface area contributed by atoms with E-state index in [1.165, 1.54) is 13.2 Å². The number of nitrogens with one attached hydrogen (secondary N) is 1. The summed E-state index contributed by atoms with van der Waals surface area (Å²) in [6.45, 7) is 3.60. The number of nitrogens with zero attached hydrogens (tertiary/aromatic N) is 1. The van der Waals surface area contributed by atoms with Gasteiger partial charge in [-0.1, -0.05) is 31.2 Å². The van der Waals surface area contributed by atoms with Crippen LogP contribution < -0.4 is 10.1 Å². The number of ether oxygens (including phenoxy) is 1. The zero-order valence-electron chi connectivity index (χ0n) is 17.5. The fourth-order valence-electron chi connectivity index (χ4n) is 3.48. The first-order valence-corrected chi connectivity index (χ1v) is 11.0. The number of hydrogen-bond acceptors (Lipinski definition) is 5. The fourth-order valence-corrected chi connectivity index (χ4v) is 4.33. The van der Waals surface area contributed by atoms with E-state index in [9.17, 15) is 18.3 Å². The lowest BCUT2D eigenvalue weighted by Gasteiger charge is -2.39. The maximum absolute atomic E-state index is 14.3. The van der Waals surface area contributed by atoms with Crippen LogP contribution in [0.4, 0.5) is 18.9 Å². The van der Waals surface area contributed by atoms with E-state index >= 15 is 0 Å². The molecule has 0 bridgehead atoms. The Morgan fingerprint density at radius 2 is 1.84 bits per heavy atom. The molecule has 0 aliphatic carbocycles. The molecule has 2 aromatic carbocycles. The second-order valence-electron chi connectivity index (χ2n) is 7.20. The number of aromatic nitrogens is 1. The molecule has 0 aliphatic heterocycles. The summed E-state index contributed by atoms with van der Waals surface area (Å²) in [7, 11) is 1.40. The highest BCUT2D eigenvalue weighted by Gasteiger charge is 2.59. The van der Waals surface area contributed by atoms with E-state index in [4.69, 9.17) is 4.74 Å². The molecule has 0 saturated heterocycles. The van der Waals surface area contributed by atoms with Crippen LogP contribution in [0.25, 0.3) is 10.9 Å². The van der Waals surface area contributed by atoms with Gasteiger partial charge >= 0.3 is 6.18 Å². The maximum atomic E-state index is 14.3. The Kier molecular flexibility index (Phi) is 7.01. The van der Waals surface area contributed by atoms with Crippen molar-refractivity contribution in [1.82, 2.24) is 4.98 Å². The Balaban J connectivity index is 2.19. The van der Waals surface area contributed by atoms with Gasteiger partial charge in [0, 0.05) is 28.1 Å². The lowest BCUT2D eigenvalue weighted by atomic mass is 9.88. The van der Waals surface area contributed by atoms with Crippen molar-refractivity contribution in [2.24, 2.45) is 0 Å². The van der Waals surface area contributed by atoms with Crippen LogP contribution in [0.2, 0.25) is 0 Å². The van der Waals surface area contributed by atoms with Crippen LogP contribution in [0.15, 0.2) is 54.6 Å². The quantitative estimate of drug-likeness (QED) is 0.458. The van der Waals surface area contributed by atoms with Crippen LogP contribution in [0.5, 0.6) is 5.75 Å². The third-order valence-corrected chi connectivity index (χ3v) is 6.17. The number of thioether (sulfide) groups is 1. The number of halogens is 3. The summed E-state index contributed by atoms with van der Waals surface area (Å²) in [5.41, 5.74) is -0.911. The SMILES string of the molecule is CCSCC(O)(C(Nc1cccc2nc(C)ccc12)c1ccccc1OC)C(F)(F)F. The Labute approximate surface area is 183 Å². The second-order valence-corrected chi connectivity index (χ2v) is 8.48. The van der Waals surface area contributed by atoms with Crippen molar-refractivity contribution < 1.29 is 23.0 Å². The third-order valence-electron chi connectivity index (χ3n) is 5.12. The van der Waals surface area contributed by atoms with Crippen LogP contribution in [0, 0.1) is 6.92 Å². The largest absolute Gasteiger partial charge is 0.496 e. The van der Waals surface area contributed by atoms with Crippen molar-refractivity contribution in [2.45, 2.75) is 31.7 Å². The minimum Gasteiger partial charge on any atom is -0.496 e. The molecular formula is C23H25F3N2O2S. The highest BCUT2D eigenvalue weighted by molar-refractivity contribution is 7.99. The van der Waals surface area contributed by atoms with Crippen molar-refractivity contribution in [3.8, 4) is 5.75 Å². The molecule has 0 fully saturated rings. The van der Waals surface area contributed by atoms with Gasteiger partial charge in [-0.15, -0.1) is 0 Å². The molecular weight excluding hydrogens is 425 g/mol. The van der Waals surface area contributed by atoms with Gasteiger partial charge in [-0.05, 0) is 43.0 Å². The van der Waals surface area contributed by atoms with Gasteiger partial charge in [0.2, 0.25) is 0 Å². The molecule has 0 aliphatic rings. The Bertz CT molecular complexity index is 1040. The lowest BCUT2D eigenvalue weighted by molar-refractivity contribution is -0.256. The molecule has 2 N–H and O–H groups in total. The molecule has 3 aromatic rings. The van der Waals surface area contributed by atoms with E-state index in [-0.39, 0.29) is 11.3 Å². The molecule has 0 spiro atoms. The van der Waals surface area contributed by atoms with Gasteiger partial charge < -0.3 is 15.2 Å². The Hall–Kier alpha value is -2.45. The predicted molar refractivity (Wildman–Crippen MR) is 120 cm³/mol. The summed E-state index contributed by atoms with van der Waals surface area (Å²) in [5.74, 6) is 0.178. The number of aryl methyl sites for hydroxylation is 1. The van der Waals surface area contributed by atoms with Crippen LogP contribution >= 0.6 is 11.8 Å². The summed E-state index contributed by atoms with van der Waals surface area (Å²) >= 11 is 1.03. The third kappa shape index (κ3) is 4.75. The molecule has 166 valence electrons. The summed E-state index contributed by atoms with van der Waals surface area (Å²) in [4.78, 5) is 4.46. The molecule has 2 unspecified atom stereocenters. The highest BCUT2D eigenvalue weighted by atomic mass is 32.2. The minimum absolute atomic E-state index is 0.221. The number of hydrogen-bond donors (Lipinski definition) is 2. The van der Waals surface area contributed by atoms with Crippen LogP contribution in [-0.2, 0) is 0 Å². The van der Waals surface area contributed by atoms with E-state index in [1.807, 2.05) is 13.0 Å². The van der Waals surface area contributed by atoms with Gasteiger partial charge in [0.15, 0.2) is 5.60 Å². The molecule has 8 heteroatoms. The van der Waals surface area contributed by atoms with Crippen LogP contribution in [-0.4, -0.2) is 40.5 Å². The molecule has 2 atom stereocenters. The van der Waals surface area contributed by atoms with Crippen LogP contribution in [0.3, 0.4) is 0 Å². The van der Waals surface area contributed by atoms with Gasteiger partial charge in [-0.2, -0.15) is 24.9 Å². The fraction of sp³-hybridized carbons (Fsp3) is 0.348. The number of rotatable bonds is 8. The highest BCUT2D eigenvalue weighted by Crippen LogP contribution is 2.46. The molecule has 0 saturated carbocycles. The lowest BCUT2D eigenvalue weighted by Crippen LogP contribution is -2.54. The number of aliphatic hydroxyl groups is 1. The molecule has 4 nitrogen and oxygen atoms in total. The van der Waals surface area contributed by atoms with E-state index < -0.39 is 23.6 Å². The van der Waals surface area contributed by atoms with Crippen molar-refractivity contribution in [2.75, 3.05) is 23.9 Å². The maximum Gasteiger partial charge on any atom is 0.420 e. The summed E-state index contributed by atoms with van der Waals surface area (Å²) < 4.78 is 48.3. The molecule has 3 rings (SSSR count). The first kappa shape index (κ1) is 23.2. The zero-order chi connectivity index (χ0) is 22.6. The minimum atomic E-state index is -4.88. The number of para-hydroxylation sites is 1. The molecule has 1 heterocycles. The number of fused-ring (bicyclic) bond motifs is 1. The van der Waals surface area contributed by atoms with Gasteiger partial charge in [-0.3, -0.25) is 4.98 Å². The van der Waals surface area contributed by atoms with Crippen molar-refractivity contribution in [3.05, 3.63) is 65.9 Å². The number of pyridine rings is 1. The predicted octanol–water partition coefficient (Wildman–Crippen LogP) is 5.75. The normalized spacial score (nSPS) is 14.8. The standard InChI is InChI=1S/C23H25F3N2O2S/c1-4-31-14-22(29,23(24,25)26)21(17-8-5-6-11-20(17)30-3)28-19-10-7-9-18-16(19)13-12-15(2)27-18/h5-13,21,28-29H,4,14H2,1-3H3. The molecule has 0 amide bonds. The summed E-state index contributed by atoms with van der Waals surface area (Å²) in [6.07, 6.45) is -4.88. The van der Waals surface area contributed by atoms with Crippen LogP contribution in [0.1, 0.15) is 24.2 Å². The first-order chi connectivity index (χ1) is 14.7. The summed E-state index contributed by atoms with van der Waals surface area (Å²) in [6, 6.07) is 13.8. The number of methoxy groups -OCH3 is 1. The average molecular weight is 451 g/mol. The number of anilines is 1. The molecule has 1 aromatic heterocycles. The smallest absolute Gasteiger partial charge is 0.420 e. The van der Waals surface area contributed by atoms with Crippen molar-refractivity contribution in [3.63, 3.8) is 0 Å². The average Bonchev–Trinajstić information content (AvgIpc) is 2.74. The first-order valence-electron chi connectivity index (χ1n) is 9.84. The van der Waals surface area contributed by atoms with E-state index in [1.54, 1.807) is 49.4 Å². The Morgan fingerprint density at radius 3 is 2.52 bits per heavy atom. The van der Waals surface area contributed by atoms with Gasteiger partial charge in [0.05, 0.1) is 18.7 Å². The van der Waals surface area contributed by atoms with Gasteiger partial charge in [0.1, 0.15) is 5.75 Å². The molecule has 31 heavy (non-hydrogen) atoms. The number of benzene rings is 2. The van der Waals surface area contributed by atoms with Crippen molar-refractivity contribution in [1.29, 1.82) is 0 Å². The summed E-state index contributed by atoms with van der Waals surface area (Å²) in [5, 5.41) is 14.8. The monoisotopic (exact) mass is 450 g/mol. The van der Waals surface area contributed by atoms with E-state index in [2.05, 4.69) is 10.3 Å². The van der Waals surface area contributed by atoms with Crippen molar-refractivity contribution >= 4 is 28.4 Å². The second kappa shape index (κ2) is 9.36. The topological polar surface area (TPSA) is 54.4 Å². The van der Waals surface area contributed by atoms with Gasteiger partial charge in [-0.25, -0.2) is 0 Å².